The molecule has 4 N–H and O–H groups in total. The summed E-state index contributed by atoms with van der Waals surface area (Å²) in [6.07, 6.45) is 2.48. The summed E-state index contributed by atoms with van der Waals surface area (Å²) in [5, 5.41) is 2.99. The van der Waals surface area contributed by atoms with E-state index in [4.69, 9.17) is 5.73 Å². The van der Waals surface area contributed by atoms with Crippen LogP contribution in [0.1, 0.15) is 41.5 Å². The van der Waals surface area contributed by atoms with Gasteiger partial charge in [0.2, 0.25) is 0 Å². The van der Waals surface area contributed by atoms with Crippen LogP contribution in [0.4, 0.5) is 4.39 Å². The van der Waals surface area contributed by atoms with Gasteiger partial charge in [-0.05, 0) is 62.2 Å². The summed E-state index contributed by atoms with van der Waals surface area (Å²) in [5.74, 6) is 0.0974. The molecular formula is C19H21FN4O. The monoisotopic (exact) mass is 340 g/mol. The quantitative estimate of drug-likeness (QED) is 0.577. The van der Waals surface area contributed by atoms with Crippen LogP contribution in [0.25, 0.3) is 11.0 Å². The summed E-state index contributed by atoms with van der Waals surface area (Å²) in [6, 6.07) is 13.0. The van der Waals surface area contributed by atoms with E-state index in [1.807, 2.05) is 24.3 Å². The summed E-state index contributed by atoms with van der Waals surface area (Å²) >= 11 is 0. The highest BCUT2D eigenvalue weighted by molar-refractivity contribution is 5.94. The number of imidazole rings is 1. The van der Waals surface area contributed by atoms with Crippen molar-refractivity contribution in [2.75, 3.05) is 6.54 Å². The minimum Gasteiger partial charge on any atom is -0.342 e. The first-order valence-corrected chi connectivity index (χ1v) is 8.38. The van der Waals surface area contributed by atoms with E-state index in [1.54, 1.807) is 0 Å². The Balaban J connectivity index is 1.80. The second-order valence-corrected chi connectivity index (χ2v) is 5.96. The average Bonchev–Trinajstić information content (AvgIpc) is 3.05. The van der Waals surface area contributed by atoms with E-state index in [0.29, 0.717) is 17.9 Å². The number of benzene rings is 2. The number of amides is 1. The molecule has 3 aromatic rings. The van der Waals surface area contributed by atoms with E-state index in [-0.39, 0.29) is 17.8 Å². The maximum atomic E-state index is 13.0. The second-order valence-electron chi connectivity index (χ2n) is 5.96. The summed E-state index contributed by atoms with van der Waals surface area (Å²) < 4.78 is 13.0. The molecule has 0 aliphatic heterocycles. The number of hydrogen-bond donors (Lipinski definition) is 3. The van der Waals surface area contributed by atoms with Crippen molar-refractivity contribution in [1.82, 2.24) is 15.3 Å². The molecule has 0 fully saturated rings. The number of rotatable bonds is 7. The van der Waals surface area contributed by atoms with E-state index < -0.39 is 0 Å². The van der Waals surface area contributed by atoms with Crippen molar-refractivity contribution < 1.29 is 9.18 Å². The Morgan fingerprint density at radius 3 is 2.64 bits per heavy atom. The number of aromatic nitrogens is 2. The van der Waals surface area contributed by atoms with Crippen LogP contribution in [0, 0.1) is 5.82 Å². The van der Waals surface area contributed by atoms with Gasteiger partial charge in [-0.1, -0.05) is 12.1 Å². The third-order valence-corrected chi connectivity index (χ3v) is 4.10. The third-order valence-electron chi connectivity index (χ3n) is 4.10. The molecule has 130 valence electrons. The summed E-state index contributed by atoms with van der Waals surface area (Å²) in [4.78, 5) is 20.4. The zero-order valence-corrected chi connectivity index (χ0v) is 13.8. The van der Waals surface area contributed by atoms with E-state index in [1.165, 1.54) is 24.3 Å². The molecule has 6 heteroatoms. The van der Waals surface area contributed by atoms with Crippen molar-refractivity contribution in [2.24, 2.45) is 5.73 Å². The molecule has 0 saturated carbocycles. The molecule has 0 radical (unpaired) electrons. The lowest BCUT2D eigenvalue weighted by Crippen LogP contribution is -2.29. The van der Waals surface area contributed by atoms with Crippen molar-refractivity contribution >= 4 is 16.9 Å². The predicted molar refractivity (Wildman–Crippen MR) is 95.6 cm³/mol. The third kappa shape index (κ3) is 4.22. The standard InChI is InChI=1S/C19H21FN4O/c20-14-10-8-13(9-11-14)19(25)24-17(7-3-4-12-21)18-22-15-5-1-2-6-16(15)23-18/h1-2,5-6,8-11,17H,3-4,7,12,21H2,(H,22,23)(H,24,25). The van der Waals surface area contributed by atoms with Crippen LogP contribution in [-0.4, -0.2) is 22.4 Å². The fourth-order valence-corrected chi connectivity index (χ4v) is 2.75. The van der Waals surface area contributed by atoms with E-state index in [2.05, 4.69) is 15.3 Å². The van der Waals surface area contributed by atoms with Crippen LogP contribution < -0.4 is 11.1 Å². The lowest BCUT2D eigenvalue weighted by Gasteiger charge is -2.16. The summed E-state index contributed by atoms with van der Waals surface area (Å²) in [5.41, 5.74) is 7.78. The zero-order chi connectivity index (χ0) is 17.6. The molecule has 1 heterocycles. The maximum Gasteiger partial charge on any atom is 0.251 e. The highest BCUT2D eigenvalue weighted by atomic mass is 19.1. The lowest BCUT2D eigenvalue weighted by atomic mass is 10.1. The van der Waals surface area contributed by atoms with Crippen LogP contribution in [0.3, 0.4) is 0 Å². The SMILES string of the molecule is NCCCCC(NC(=O)c1ccc(F)cc1)c1nc2ccccc2[nH]1. The van der Waals surface area contributed by atoms with Crippen molar-refractivity contribution in [3.05, 3.63) is 65.7 Å². The molecule has 3 rings (SSSR count). The molecule has 25 heavy (non-hydrogen) atoms. The number of para-hydroxylation sites is 2. The molecule has 0 bridgehead atoms. The number of carbonyl (C=O) groups is 1. The number of fused-ring (bicyclic) bond motifs is 1. The molecular weight excluding hydrogens is 319 g/mol. The first-order chi connectivity index (χ1) is 12.2. The lowest BCUT2D eigenvalue weighted by molar-refractivity contribution is 0.0932. The van der Waals surface area contributed by atoms with Crippen molar-refractivity contribution in [2.45, 2.75) is 25.3 Å². The topological polar surface area (TPSA) is 83.8 Å². The summed E-state index contributed by atoms with van der Waals surface area (Å²) in [7, 11) is 0. The number of aromatic amines is 1. The Labute approximate surface area is 145 Å². The Hall–Kier alpha value is -2.73. The van der Waals surface area contributed by atoms with Gasteiger partial charge < -0.3 is 16.0 Å². The Kier molecular flexibility index (Phi) is 5.40. The van der Waals surface area contributed by atoms with Gasteiger partial charge in [-0.3, -0.25) is 4.79 Å². The first kappa shape index (κ1) is 17.1. The van der Waals surface area contributed by atoms with Crippen molar-refractivity contribution in [3.8, 4) is 0 Å². The Bertz CT molecular complexity index is 811. The van der Waals surface area contributed by atoms with Gasteiger partial charge in [0.1, 0.15) is 11.6 Å². The largest absolute Gasteiger partial charge is 0.342 e. The molecule has 0 saturated heterocycles. The number of hydrogen-bond acceptors (Lipinski definition) is 3. The fourth-order valence-electron chi connectivity index (χ4n) is 2.75. The van der Waals surface area contributed by atoms with Crippen LogP contribution in [0.5, 0.6) is 0 Å². The van der Waals surface area contributed by atoms with Gasteiger partial charge in [0.05, 0.1) is 17.1 Å². The van der Waals surface area contributed by atoms with Crippen LogP contribution in [0.2, 0.25) is 0 Å². The molecule has 1 atom stereocenters. The molecule has 0 aliphatic rings. The van der Waals surface area contributed by atoms with Crippen molar-refractivity contribution in [3.63, 3.8) is 0 Å². The average molecular weight is 340 g/mol. The Morgan fingerprint density at radius 1 is 1.16 bits per heavy atom. The van der Waals surface area contributed by atoms with Gasteiger partial charge in [-0.2, -0.15) is 0 Å². The highest BCUT2D eigenvalue weighted by Crippen LogP contribution is 2.21. The fraction of sp³-hybridized carbons (Fsp3) is 0.263. The van der Waals surface area contributed by atoms with Gasteiger partial charge in [0, 0.05) is 5.56 Å². The molecule has 0 aliphatic carbocycles. The minimum absolute atomic E-state index is 0.252. The molecule has 1 amide bonds. The zero-order valence-electron chi connectivity index (χ0n) is 13.8. The summed E-state index contributed by atoms with van der Waals surface area (Å²) in [6.45, 7) is 0.610. The number of halogens is 1. The smallest absolute Gasteiger partial charge is 0.251 e. The van der Waals surface area contributed by atoms with Gasteiger partial charge in [-0.15, -0.1) is 0 Å². The second kappa shape index (κ2) is 7.90. The maximum absolute atomic E-state index is 13.0. The Morgan fingerprint density at radius 2 is 1.92 bits per heavy atom. The number of H-pyrrole nitrogens is 1. The highest BCUT2D eigenvalue weighted by Gasteiger charge is 2.19. The van der Waals surface area contributed by atoms with Crippen LogP contribution in [-0.2, 0) is 0 Å². The number of nitrogens with two attached hydrogens (primary N) is 1. The minimum atomic E-state index is -0.367. The molecule has 1 unspecified atom stereocenters. The van der Waals surface area contributed by atoms with Gasteiger partial charge in [0.15, 0.2) is 0 Å². The van der Waals surface area contributed by atoms with E-state index >= 15 is 0 Å². The van der Waals surface area contributed by atoms with Crippen LogP contribution in [0.15, 0.2) is 48.5 Å². The first-order valence-electron chi connectivity index (χ1n) is 8.38. The van der Waals surface area contributed by atoms with E-state index in [9.17, 15) is 9.18 Å². The molecule has 0 spiro atoms. The molecule has 1 aromatic heterocycles. The van der Waals surface area contributed by atoms with Crippen molar-refractivity contribution in [1.29, 1.82) is 0 Å². The number of carbonyl (C=O) groups excluding carboxylic acids is 1. The van der Waals surface area contributed by atoms with Crippen LogP contribution >= 0.6 is 0 Å². The number of unbranched alkanes of at least 4 members (excludes halogenated alkanes) is 1. The van der Waals surface area contributed by atoms with E-state index in [0.717, 1.165) is 30.3 Å². The van der Waals surface area contributed by atoms with Gasteiger partial charge >= 0.3 is 0 Å². The normalized spacial score (nSPS) is 12.2. The predicted octanol–water partition coefficient (Wildman–Crippen LogP) is 3.30. The molecule has 2 aromatic carbocycles. The number of nitrogens with one attached hydrogen (secondary N) is 2. The number of nitrogens with zero attached hydrogens (tertiary/aromatic N) is 1. The van der Waals surface area contributed by atoms with Gasteiger partial charge in [0.25, 0.3) is 5.91 Å². The molecule has 5 nitrogen and oxygen atoms in total. The van der Waals surface area contributed by atoms with Gasteiger partial charge in [-0.25, -0.2) is 9.37 Å².